The second kappa shape index (κ2) is 74.9. The Bertz CT molecular complexity index is 21.2. The highest BCUT2D eigenvalue weighted by Gasteiger charge is 1.80. The summed E-state index contributed by atoms with van der Waals surface area (Å²) >= 11 is 0. The first kappa shape index (κ1) is 65.7. The zero-order valence-electron chi connectivity index (χ0n) is 6.99. The van der Waals surface area contributed by atoms with Gasteiger partial charge in [0.1, 0.15) is 0 Å². The maximum Gasteiger partial charge on any atom is -0.0474 e. The molecule has 0 fully saturated rings. The Balaban J connectivity index is -0.00000000626. The fourth-order valence-electron chi connectivity index (χ4n) is 0. The van der Waals surface area contributed by atoms with Crippen LogP contribution in [-0.2, 0) is 0 Å². The molecule has 0 saturated heterocycles. The Morgan fingerprint density at radius 3 is 0.714 bits per heavy atom. The highest BCUT2D eigenvalue weighted by atomic mass is 13.9. The molecule has 0 aromatic heterocycles. The smallest absolute Gasteiger partial charge is 0.0474 e. The van der Waals surface area contributed by atoms with E-state index in [4.69, 9.17) is 0 Å². The van der Waals surface area contributed by atoms with E-state index in [9.17, 15) is 0 Å². The third-order valence-corrected chi connectivity index (χ3v) is 0.816. The normalized spacial score (nSPS) is 4.71. The van der Waals surface area contributed by atoms with Crippen LogP contribution in [0.25, 0.3) is 0 Å². The van der Waals surface area contributed by atoms with Crippen molar-refractivity contribution in [3.8, 4) is 0 Å². The quantitative estimate of drug-likeness (QED) is 0.428. The van der Waals surface area contributed by atoms with Gasteiger partial charge in [0.25, 0.3) is 0 Å². The van der Waals surface area contributed by atoms with Crippen molar-refractivity contribution in [1.82, 2.24) is 0 Å². The Kier molecular flexibility index (Phi) is 352. The Labute approximate surface area is 98.5 Å². The average Bonchev–Trinajstić information content (AvgIpc) is 1.69. The van der Waals surface area contributed by atoms with Gasteiger partial charge in [-0.15, -0.1) is 0 Å². The van der Waals surface area contributed by atoms with E-state index in [1.165, 1.54) is 12.8 Å². The lowest BCUT2D eigenvalue weighted by molar-refractivity contribution is 0.626. The van der Waals surface area contributed by atoms with Crippen molar-refractivity contribution < 1.29 is 0 Å². The van der Waals surface area contributed by atoms with Crippen LogP contribution >= 0.6 is 0 Å². The van der Waals surface area contributed by atoms with E-state index in [0.29, 0.717) is 0 Å². The molecule has 0 aliphatic rings. The zero-order valence-corrected chi connectivity index (χ0v) is 6.99. The zero-order chi connectivity index (χ0) is 6.99. The van der Waals surface area contributed by atoms with Gasteiger partial charge in [0, 0.05) is 0 Å². The molecule has 0 aromatic carbocycles. The summed E-state index contributed by atoms with van der Waals surface area (Å²) in [5.74, 6) is 0.884. The van der Waals surface area contributed by atoms with E-state index in [2.05, 4.69) is 34.6 Å². The van der Waals surface area contributed by atoms with Gasteiger partial charge in [-0.2, -0.15) is 0 Å². The van der Waals surface area contributed by atoms with Gasteiger partial charge in [-0.25, -0.2) is 0 Å². The van der Waals surface area contributed by atoms with Gasteiger partial charge >= 0.3 is 0 Å². The maximum absolute atomic E-state index is 2.22. The fourth-order valence-corrected chi connectivity index (χ4v) is 0. The average molecular weight is 213 g/mol. The van der Waals surface area contributed by atoms with Crippen molar-refractivity contribution in [2.45, 2.75) is 92.0 Å². The van der Waals surface area contributed by atoms with Gasteiger partial charge in [0.2, 0.25) is 0 Å². The molecule has 0 bridgehead atoms. The molecule has 14 heavy (non-hydrogen) atoms. The molecule has 0 saturated carbocycles. The maximum atomic E-state index is 2.22. The second-order valence-corrected chi connectivity index (χ2v) is 2.51. The molecule has 0 N–H and O–H groups in total. The molecular weight excluding hydrogens is 168 g/mol. The second-order valence-electron chi connectivity index (χ2n) is 2.51. The molecule has 100 valence electrons. The van der Waals surface area contributed by atoms with Crippen LogP contribution in [-0.4, -0.2) is 0 Å². The summed E-state index contributed by atoms with van der Waals surface area (Å²) in [6, 6.07) is 0. The van der Waals surface area contributed by atoms with Crippen LogP contribution in [0, 0.1) is 5.92 Å². The summed E-state index contributed by atoms with van der Waals surface area (Å²) < 4.78 is 0. The molecule has 0 nitrogen and oxygen atoms in total. The van der Waals surface area contributed by atoms with E-state index in [-0.39, 0.29) is 44.6 Å². The van der Waals surface area contributed by atoms with Crippen molar-refractivity contribution in [3.05, 3.63) is 0 Å². The van der Waals surface area contributed by atoms with Gasteiger partial charge in [-0.05, 0) is 5.92 Å². The molecular formula is C14H44. The molecule has 0 heterocycles. The molecule has 0 atom stereocenters. The summed E-state index contributed by atoms with van der Waals surface area (Å²) in [4.78, 5) is 0. The van der Waals surface area contributed by atoms with Crippen LogP contribution in [0.5, 0.6) is 0 Å². The van der Waals surface area contributed by atoms with Gasteiger partial charge < -0.3 is 0 Å². The molecule has 0 spiro atoms. The van der Waals surface area contributed by atoms with Gasteiger partial charge in [-0.1, -0.05) is 92.0 Å². The predicted octanol–water partition coefficient (Wildman–Crippen LogP) is 7.29. The van der Waals surface area contributed by atoms with E-state index < -0.39 is 0 Å². The predicted molar refractivity (Wildman–Crippen MR) is 81.5 cm³/mol. The summed E-state index contributed by atoms with van der Waals surface area (Å²) in [7, 11) is 0. The molecule has 0 aliphatic carbocycles. The highest BCUT2D eigenvalue weighted by molar-refractivity contribution is 4.32. The van der Waals surface area contributed by atoms with E-state index in [0.717, 1.165) is 5.92 Å². The molecule has 0 aliphatic heterocycles. The summed E-state index contributed by atoms with van der Waals surface area (Å²) in [6.07, 6.45) is 2.56. The van der Waals surface area contributed by atoms with Crippen LogP contribution in [0.15, 0.2) is 0 Å². The molecule has 0 rings (SSSR count). The Morgan fingerprint density at radius 2 is 0.714 bits per heavy atom. The Morgan fingerprint density at radius 1 is 0.643 bits per heavy atom. The van der Waals surface area contributed by atoms with Crippen LogP contribution in [0.1, 0.15) is 92.0 Å². The number of hydrogen-bond acceptors (Lipinski definition) is 0. The van der Waals surface area contributed by atoms with Gasteiger partial charge in [-0.3, -0.25) is 0 Å². The Hall–Kier alpha value is 0. The van der Waals surface area contributed by atoms with Crippen LogP contribution in [0.2, 0.25) is 0 Å². The first-order valence-electron chi connectivity index (χ1n) is 3.68. The lowest BCUT2D eigenvalue weighted by atomic mass is 10.2. The number of hydrogen-bond donors (Lipinski definition) is 0. The van der Waals surface area contributed by atoms with Crippen molar-refractivity contribution in [3.63, 3.8) is 0 Å². The summed E-state index contributed by atoms with van der Waals surface area (Å²) in [5, 5.41) is 0. The van der Waals surface area contributed by atoms with Crippen molar-refractivity contribution >= 4 is 0 Å². The minimum atomic E-state index is 0. The first-order valence-corrected chi connectivity index (χ1v) is 3.68. The van der Waals surface area contributed by atoms with Crippen molar-refractivity contribution in [2.75, 3.05) is 0 Å². The molecule has 0 aromatic rings. The van der Waals surface area contributed by atoms with Crippen molar-refractivity contribution in [1.29, 1.82) is 0 Å². The summed E-state index contributed by atoms with van der Waals surface area (Å²) in [6.45, 7) is 10.9. The lowest BCUT2D eigenvalue weighted by Crippen LogP contribution is -1.77. The minimum Gasteiger partial charge on any atom is -0.0776 e. The highest BCUT2D eigenvalue weighted by Crippen LogP contribution is 1.93. The van der Waals surface area contributed by atoms with Crippen LogP contribution in [0.4, 0.5) is 0 Å². The van der Waals surface area contributed by atoms with Crippen molar-refractivity contribution in [2.24, 2.45) is 5.92 Å². The van der Waals surface area contributed by atoms with Gasteiger partial charge in [0.05, 0.1) is 0 Å². The minimum absolute atomic E-state index is 0. The first-order chi connectivity index (χ1) is 3.68. The number of rotatable bonds is 1. The monoisotopic (exact) mass is 212 g/mol. The lowest BCUT2D eigenvalue weighted by Gasteiger charge is -1.90. The third-order valence-electron chi connectivity index (χ3n) is 0.816. The topological polar surface area (TPSA) is 0 Å². The largest absolute Gasteiger partial charge is 0.0776 e. The van der Waals surface area contributed by atoms with Crippen LogP contribution in [0.3, 0.4) is 0 Å². The SMILES string of the molecule is C.C.C.C.C.C.CCC.CCC(C)C. The summed E-state index contributed by atoms with van der Waals surface area (Å²) in [5.41, 5.74) is 0. The molecule has 0 amide bonds. The van der Waals surface area contributed by atoms with E-state index >= 15 is 0 Å². The fraction of sp³-hybridized carbons (Fsp3) is 1.00. The van der Waals surface area contributed by atoms with E-state index in [1.807, 2.05) is 0 Å². The van der Waals surface area contributed by atoms with Gasteiger partial charge in [0.15, 0.2) is 0 Å². The third kappa shape index (κ3) is 363. The van der Waals surface area contributed by atoms with E-state index in [1.54, 1.807) is 0 Å². The standard InChI is InChI=1S/C5H12.C3H8.6CH4/c1-4-5(2)3;1-3-2;;;;;;/h5H,4H2,1-3H3;3H2,1-2H3;6*1H4. The molecule has 0 unspecified atom stereocenters. The molecule has 0 heteroatoms. The molecule has 0 radical (unpaired) electrons. The van der Waals surface area contributed by atoms with Crippen LogP contribution < -0.4 is 0 Å².